The molecule has 5 heteroatoms. The minimum absolute atomic E-state index is 0.00683. The second-order valence-electron chi connectivity index (χ2n) is 5.49. The summed E-state index contributed by atoms with van der Waals surface area (Å²) >= 11 is 0. The summed E-state index contributed by atoms with van der Waals surface area (Å²) in [5.41, 5.74) is 2.04. The molecule has 0 aromatic rings. The molecule has 0 saturated carbocycles. The summed E-state index contributed by atoms with van der Waals surface area (Å²) in [6.07, 6.45) is 7.74. The Kier molecular flexibility index (Phi) is 5.83. The van der Waals surface area contributed by atoms with Gasteiger partial charge in [0.15, 0.2) is 6.61 Å². The first-order valence-electron chi connectivity index (χ1n) is 7.50. The number of ether oxygens (including phenoxy) is 2. The van der Waals surface area contributed by atoms with Crippen LogP contribution in [0.1, 0.15) is 6.92 Å². The zero-order chi connectivity index (χ0) is 15.9. The van der Waals surface area contributed by atoms with Crippen LogP contribution in [0.2, 0.25) is 0 Å². The van der Waals surface area contributed by atoms with Gasteiger partial charge in [-0.05, 0) is 24.6 Å². The van der Waals surface area contributed by atoms with Gasteiger partial charge in [-0.15, -0.1) is 0 Å². The van der Waals surface area contributed by atoms with Crippen molar-refractivity contribution in [1.82, 2.24) is 9.80 Å². The van der Waals surface area contributed by atoms with Crippen molar-refractivity contribution in [3.05, 3.63) is 47.9 Å². The third kappa shape index (κ3) is 4.77. The van der Waals surface area contributed by atoms with E-state index in [0.29, 0.717) is 32.8 Å². The summed E-state index contributed by atoms with van der Waals surface area (Å²) in [7, 11) is 1.99. The van der Waals surface area contributed by atoms with Crippen LogP contribution in [0.15, 0.2) is 47.9 Å². The van der Waals surface area contributed by atoms with Crippen molar-refractivity contribution in [3.63, 3.8) is 0 Å². The van der Waals surface area contributed by atoms with E-state index in [-0.39, 0.29) is 12.5 Å². The van der Waals surface area contributed by atoms with E-state index in [1.807, 2.05) is 38.3 Å². The lowest BCUT2D eigenvalue weighted by atomic mass is 10.2. The smallest absolute Gasteiger partial charge is 0.260 e. The van der Waals surface area contributed by atoms with Gasteiger partial charge < -0.3 is 19.3 Å². The summed E-state index contributed by atoms with van der Waals surface area (Å²) < 4.78 is 11.0. The Balaban J connectivity index is 1.94. The van der Waals surface area contributed by atoms with Gasteiger partial charge >= 0.3 is 0 Å². The van der Waals surface area contributed by atoms with Crippen LogP contribution in [0, 0.1) is 0 Å². The maximum atomic E-state index is 12.1. The molecule has 5 nitrogen and oxygen atoms in total. The third-order valence-corrected chi connectivity index (χ3v) is 3.73. The molecular weight excluding hydrogens is 280 g/mol. The van der Waals surface area contributed by atoms with E-state index >= 15 is 0 Å². The summed E-state index contributed by atoms with van der Waals surface area (Å²) in [5, 5.41) is 0. The fourth-order valence-corrected chi connectivity index (χ4v) is 2.27. The van der Waals surface area contributed by atoms with Gasteiger partial charge in [-0.1, -0.05) is 18.7 Å². The number of amides is 1. The lowest BCUT2D eigenvalue weighted by molar-refractivity contribution is -0.138. The quantitative estimate of drug-likeness (QED) is 0.796. The van der Waals surface area contributed by atoms with E-state index in [4.69, 9.17) is 9.47 Å². The van der Waals surface area contributed by atoms with Gasteiger partial charge in [0.25, 0.3) is 5.91 Å². The summed E-state index contributed by atoms with van der Waals surface area (Å²) in [4.78, 5) is 16.0. The molecule has 1 saturated heterocycles. The Morgan fingerprint density at radius 1 is 1.41 bits per heavy atom. The molecule has 2 rings (SSSR count). The molecule has 1 amide bonds. The van der Waals surface area contributed by atoms with Crippen LogP contribution in [-0.2, 0) is 14.3 Å². The number of nitrogens with zero attached hydrogens (tertiary/aromatic N) is 2. The predicted molar refractivity (Wildman–Crippen MR) is 86.1 cm³/mol. The van der Waals surface area contributed by atoms with Crippen LogP contribution in [0.25, 0.3) is 0 Å². The number of morpholine rings is 1. The monoisotopic (exact) mass is 304 g/mol. The SMILES string of the molecule is C=C1/C=C\C=C(\OCC(=O)N2CCOCC2)CN(C)/C(C)=C\1. The van der Waals surface area contributed by atoms with Gasteiger partial charge in [0, 0.05) is 25.8 Å². The Morgan fingerprint density at radius 2 is 2.14 bits per heavy atom. The Hall–Kier alpha value is -2.01. The maximum Gasteiger partial charge on any atom is 0.260 e. The van der Waals surface area contributed by atoms with E-state index < -0.39 is 0 Å². The molecule has 0 aliphatic carbocycles. The van der Waals surface area contributed by atoms with E-state index in [1.165, 1.54) is 0 Å². The van der Waals surface area contributed by atoms with Gasteiger partial charge in [-0.2, -0.15) is 0 Å². The van der Waals surface area contributed by atoms with E-state index in [1.54, 1.807) is 4.90 Å². The average molecular weight is 304 g/mol. The molecule has 0 unspecified atom stereocenters. The van der Waals surface area contributed by atoms with Crippen LogP contribution >= 0.6 is 0 Å². The minimum Gasteiger partial charge on any atom is -0.486 e. The molecule has 0 aromatic carbocycles. The van der Waals surface area contributed by atoms with Crippen LogP contribution in [-0.4, -0.2) is 62.2 Å². The van der Waals surface area contributed by atoms with Gasteiger partial charge in [0.05, 0.1) is 19.8 Å². The molecule has 2 heterocycles. The fraction of sp³-hybridized carbons (Fsp3) is 0.471. The van der Waals surface area contributed by atoms with E-state index in [0.717, 1.165) is 17.0 Å². The normalized spacial score (nSPS) is 26.0. The first-order chi connectivity index (χ1) is 10.6. The largest absolute Gasteiger partial charge is 0.486 e. The highest BCUT2D eigenvalue weighted by atomic mass is 16.5. The Bertz CT molecular complexity index is 514. The highest BCUT2D eigenvalue weighted by Gasteiger charge is 2.17. The molecular formula is C17H24N2O3. The van der Waals surface area contributed by atoms with Crippen molar-refractivity contribution in [3.8, 4) is 0 Å². The molecule has 1 fully saturated rings. The van der Waals surface area contributed by atoms with Crippen molar-refractivity contribution in [2.24, 2.45) is 0 Å². The molecule has 2 aliphatic heterocycles. The zero-order valence-electron chi connectivity index (χ0n) is 13.4. The molecule has 0 spiro atoms. The Morgan fingerprint density at radius 3 is 2.86 bits per heavy atom. The number of rotatable bonds is 3. The number of allylic oxidation sites excluding steroid dienone is 6. The minimum atomic E-state index is 0.00683. The van der Waals surface area contributed by atoms with E-state index in [2.05, 4.69) is 11.5 Å². The molecule has 2 aliphatic rings. The highest BCUT2D eigenvalue weighted by Crippen LogP contribution is 2.12. The topological polar surface area (TPSA) is 42.0 Å². The second kappa shape index (κ2) is 7.84. The van der Waals surface area contributed by atoms with Gasteiger partial charge in [-0.3, -0.25) is 4.79 Å². The molecule has 120 valence electrons. The molecule has 0 radical (unpaired) electrons. The van der Waals surface area contributed by atoms with Crippen LogP contribution in [0.5, 0.6) is 0 Å². The standard InChI is InChI=1S/C17H24N2O3/c1-14-5-4-6-16(12-18(3)15(2)11-14)22-13-17(20)19-7-9-21-10-8-19/h4-6,11H,1,7-10,12-13H2,2-3H3/b5-4-,15-11-,16-6+. The van der Waals surface area contributed by atoms with Gasteiger partial charge in [0.1, 0.15) is 5.76 Å². The predicted octanol–water partition coefficient (Wildman–Crippen LogP) is 1.71. The molecule has 0 bridgehead atoms. The number of carbonyl (C=O) groups is 1. The van der Waals surface area contributed by atoms with Crippen LogP contribution in [0.3, 0.4) is 0 Å². The summed E-state index contributed by atoms with van der Waals surface area (Å²) in [6.45, 7) is 9.18. The van der Waals surface area contributed by atoms with Gasteiger partial charge in [-0.25, -0.2) is 0 Å². The number of likely N-dealkylation sites (N-methyl/N-ethyl adjacent to an activating group) is 1. The molecule has 0 aromatic heterocycles. The van der Waals surface area contributed by atoms with Crippen molar-refractivity contribution in [2.45, 2.75) is 6.92 Å². The highest BCUT2D eigenvalue weighted by molar-refractivity contribution is 5.77. The number of hydrogen-bond acceptors (Lipinski definition) is 4. The van der Waals surface area contributed by atoms with Crippen molar-refractivity contribution < 1.29 is 14.3 Å². The lowest BCUT2D eigenvalue weighted by Crippen LogP contribution is -2.42. The molecule has 22 heavy (non-hydrogen) atoms. The lowest BCUT2D eigenvalue weighted by Gasteiger charge is -2.27. The van der Waals surface area contributed by atoms with E-state index in [9.17, 15) is 4.79 Å². The summed E-state index contributed by atoms with van der Waals surface area (Å²) in [5.74, 6) is 0.773. The Labute approximate surface area is 132 Å². The second-order valence-corrected chi connectivity index (χ2v) is 5.49. The molecule has 0 N–H and O–H groups in total. The van der Waals surface area contributed by atoms with Crippen LogP contribution in [0.4, 0.5) is 0 Å². The van der Waals surface area contributed by atoms with Crippen molar-refractivity contribution in [2.75, 3.05) is 46.5 Å². The average Bonchev–Trinajstić information content (AvgIpc) is 2.57. The third-order valence-electron chi connectivity index (χ3n) is 3.73. The zero-order valence-corrected chi connectivity index (χ0v) is 13.4. The number of hydrogen-bond donors (Lipinski definition) is 0. The van der Waals surface area contributed by atoms with Crippen molar-refractivity contribution in [1.29, 1.82) is 0 Å². The van der Waals surface area contributed by atoms with Gasteiger partial charge in [0.2, 0.25) is 0 Å². The maximum absolute atomic E-state index is 12.1. The van der Waals surface area contributed by atoms with Crippen molar-refractivity contribution >= 4 is 5.91 Å². The fourth-order valence-electron chi connectivity index (χ4n) is 2.27. The summed E-state index contributed by atoms with van der Waals surface area (Å²) in [6, 6.07) is 0. The number of carbonyl (C=O) groups excluding carboxylic acids is 1. The first-order valence-corrected chi connectivity index (χ1v) is 7.50. The molecule has 0 atom stereocenters. The van der Waals surface area contributed by atoms with Crippen LogP contribution < -0.4 is 0 Å². The first kappa shape index (κ1) is 16.4.